The van der Waals surface area contributed by atoms with Gasteiger partial charge in [-0.1, -0.05) is 24.3 Å². The number of carbonyl (C=O) groups is 1. The highest BCUT2D eigenvalue weighted by molar-refractivity contribution is 5.75. The number of rotatable bonds is 7. The predicted molar refractivity (Wildman–Crippen MR) is 106 cm³/mol. The summed E-state index contributed by atoms with van der Waals surface area (Å²) in [5.41, 5.74) is 5.90. The quantitative estimate of drug-likeness (QED) is 0.815. The Labute approximate surface area is 161 Å². The highest BCUT2D eigenvalue weighted by atomic mass is 16.5. The van der Waals surface area contributed by atoms with Gasteiger partial charge in [-0.3, -0.25) is 4.68 Å². The molecule has 0 saturated heterocycles. The minimum atomic E-state index is -0.0343. The average Bonchev–Trinajstić information content (AvgIpc) is 3.18. The van der Waals surface area contributed by atoms with Crippen LogP contribution in [-0.2, 0) is 30.7 Å². The molecule has 1 aromatic carbocycles. The van der Waals surface area contributed by atoms with Crippen LogP contribution in [0.4, 0.5) is 4.79 Å². The maximum absolute atomic E-state index is 13.0. The van der Waals surface area contributed by atoms with Crippen molar-refractivity contribution in [3.05, 3.63) is 52.3 Å². The first-order chi connectivity index (χ1) is 13.0. The number of methoxy groups -OCH3 is 1. The molecule has 6 nitrogen and oxygen atoms in total. The number of benzene rings is 1. The molecule has 0 bridgehead atoms. The highest BCUT2D eigenvalue weighted by Gasteiger charge is 2.25. The molecule has 6 heteroatoms. The van der Waals surface area contributed by atoms with Crippen LogP contribution in [0, 0.1) is 13.8 Å². The molecule has 0 spiro atoms. The van der Waals surface area contributed by atoms with Crippen LogP contribution >= 0.6 is 0 Å². The van der Waals surface area contributed by atoms with Crippen molar-refractivity contribution in [2.45, 2.75) is 52.7 Å². The Morgan fingerprint density at radius 3 is 2.52 bits per heavy atom. The van der Waals surface area contributed by atoms with Crippen LogP contribution in [0.3, 0.4) is 0 Å². The maximum atomic E-state index is 13.0. The molecule has 1 heterocycles. The third-order valence-electron chi connectivity index (χ3n) is 5.41. The van der Waals surface area contributed by atoms with Crippen molar-refractivity contribution in [3.8, 4) is 0 Å². The van der Waals surface area contributed by atoms with E-state index in [1.54, 1.807) is 7.11 Å². The topological polar surface area (TPSA) is 59.4 Å². The molecule has 3 rings (SSSR count). The monoisotopic (exact) mass is 370 g/mol. The van der Waals surface area contributed by atoms with Gasteiger partial charge >= 0.3 is 6.03 Å². The first-order valence-electron chi connectivity index (χ1n) is 9.67. The summed E-state index contributed by atoms with van der Waals surface area (Å²) in [4.78, 5) is 14.8. The number of amides is 2. The standard InChI is InChI=1S/C21H30N4O2/c1-5-25-16(3)20(15(2)23-25)14-24(10-11-27-4)21(26)22-19-12-17-8-6-7-9-18(17)13-19/h6-9,19H,5,10-14H2,1-4H3,(H,22,26). The Balaban J connectivity index is 1.69. The zero-order valence-electron chi connectivity index (χ0n) is 16.8. The number of aryl methyl sites for hydroxylation is 2. The van der Waals surface area contributed by atoms with E-state index in [0.717, 1.165) is 36.3 Å². The van der Waals surface area contributed by atoms with Crippen molar-refractivity contribution in [2.75, 3.05) is 20.3 Å². The van der Waals surface area contributed by atoms with E-state index in [1.807, 2.05) is 16.5 Å². The van der Waals surface area contributed by atoms with Crippen molar-refractivity contribution in [2.24, 2.45) is 0 Å². The number of urea groups is 1. The third-order valence-corrected chi connectivity index (χ3v) is 5.41. The Kier molecular flexibility index (Phi) is 6.16. The normalized spacial score (nSPS) is 13.6. The molecule has 0 aliphatic heterocycles. The van der Waals surface area contributed by atoms with Gasteiger partial charge in [0.2, 0.25) is 0 Å². The van der Waals surface area contributed by atoms with E-state index in [4.69, 9.17) is 4.74 Å². The molecule has 146 valence electrons. The van der Waals surface area contributed by atoms with Gasteiger partial charge in [0, 0.05) is 37.5 Å². The second-order valence-corrected chi connectivity index (χ2v) is 7.20. The summed E-state index contributed by atoms with van der Waals surface area (Å²) in [6.45, 7) is 8.60. The van der Waals surface area contributed by atoms with Gasteiger partial charge in [-0.15, -0.1) is 0 Å². The van der Waals surface area contributed by atoms with E-state index in [9.17, 15) is 4.79 Å². The first-order valence-corrected chi connectivity index (χ1v) is 9.67. The van der Waals surface area contributed by atoms with E-state index in [1.165, 1.54) is 11.1 Å². The maximum Gasteiger partial charge on any atom is 0.318 e. The van der Waals surface area contributed by atoms with Gasteiger partial charge in [0.25, 0.3) is 0 Å². The lowest BCUT2D eigenvalue weighted by Crippen LogP contribution is -2.46. The summed E-state index contributed by atoms with van der Waals surface area (Å²) in [5.74, 6) is 0. The Hall–Kier alpha value is -2.34. The summed E-state index contributed by atoms with van der Waals surface area (Å²) in [7, 11) is 1.66. The Morgan fingerprint density at radius 2 is 1.96 bits per heavy atom. The number of ether oxygens (including phenoxy) is 1. The summed E-state index contributed by atoms with van der Waals surface area (Å²) >= 11 is 0. The molecule has 1 aliphatic carbocycles. The van der Waals surface area contributed by atoms with Crippen molar-refractivity contribution in [1.82, 2.24) is 20.0 Å². The summed E-state index contributed by atoms with van der Waals surface area (Å²) in [5, 5.41) is 7.80. The molecule has 0 saturated carbocycles. The van der Waals surface area contributed by atoms with Crippen molar-refractivity contribution < 1.29 is 9.53 Å². The molecule has 27 heavy (non-hydrogen) atoms. The molecule has 1 N–H and O–H groups in total. The van der Waals surface area contributed by atoms with Crippen LogP contribution in [0.2, 0.25) is 0 Å². The fourth-order valence-corrected chi connectivity index (χ4v) is 3.84. The number of carbonyl (C=O) groups excluding carboxylic acids is 1. The van der Waals surface area contributed by atoms with E-state index in [2.05, 4.69) is 48.5 Å². The number of fused-ring (bicyclic) bond motifs is 1. The second-order valence-electron chi connectivity index (χ2n) is 7.20. The van der Waals surface area contributed by atoms with Crippen molar-refractivity contribution in [3.63, 3.8) is 0 Å². The molecule has 0 unspecified atom stereocenters. The second kappa shape index (κ2) is 8.57. The minimum absolute atomic E-state index is 0.0343. The van der Waals surface area contributed by atoms with E-state index in [-0.39, 0.29) is 12.1 Å². The average molecular weight is 370 g/mol. The van der Waals surface area contributed by atoms with Gasteiger partial charge in [0.15, 0.2) is 0 Å². The fraction of sp³-hybridized carbons (Fsp3) is 0.524. The lowest BCUT2D eigenvalue weighted by Gasteiger charge is -2.25. The zero-order chi connectivity index (χ0) is 19.4. The highest BCUT2D eigenvalue weighted by Crippen LogP contribution is 2.22. The van der Waals surface area contributed by atoms with Crippen molar-refractivity contribution in [1.29, 1.82) is 0 Å². The van der Waals surface area contributed by atoms with Gasteiger partial charge in [-0.25, -0.2) is 4.79 Å². The number of nitrogens with zero attached hydrogens (tertiary/aromatic N) is 3. The predicted octanol–water partition coefficient (Wildman–Crippen LogP) is 2.85. The number of hydrogen-bond acceptors (Lipinski definition) is 3. The third kappa shape index (κ3) is 4.33. The molecule has 0 atom stereocenters. The molecule has 0 fully saturated rings. The fourth-order valence-electron chi connectivity index (χ4n) is 3.84. The Bertz CT molecular complexity index is 774. The van der Waals surface area contributed by atoms with E-state index in [0.29, 0.717) is 19.7 Å². The first kappa shape index (κ1) is 19.4. The Morgan fingerprint density at radius 1 is 1.30 bits per heavy atom. The molecule has 2 aromatic rings. The van der Waals surface area contributed by atoms with Crippen LogP contribution in [-0.4, -0.2) is 47.0 Å². The van der Waals surface area contributed by atoms with Crippen LogP contribution in [0.5, 0.6) is 0 Å². The number of nitrogens with one attached hydrogen (secondary N) is 1. The van der Waals surface area contributed by atoms with Crippen LogP contribution in [0.1, 0.15) is 35.0 Å². The van der Waals surface area contributed by atoms with Crippen LogP contribution < -0.4 is 5.32 Å². The molecule has 0 radical (unpaired) electrons. The van der Waals surface area contributed by atoms with E-state index >= 15 is 0 Å². The molecule has 1 aliphatic rings. The molecular weight excluding hydrogens is 340 g/mol. The zero-order valence-corrected chi connectivity index (χ0v) is 16.8. The summed E-state index contributed by atoms with van der Waals surface area (Å²) in [6.07, 6.45) is 1.79. The summed E-state index contributed by atoms with van der Waals surface area (Å²) in [6, 6.07) is 8.54. The van der Waals surface area contributed by atoms with Crippen LogP contribution in [0.15, 0.2) is 24.3 Å². The molecule has 2 amide bonds. The lowest BCUT2D eigenvalue weighted by molar-refractivity contribution is 0.144. The van der Waals surface area contributed by atoms with Crippen molar-refractivity contribution >= 4 is 6.03 Å². The van der Waals surface area contributed by atoms with Gasteiger partial charge in [-0.05, 0) is 44.7 Å². The van der Waals surface area contributed by atoms with Crippen LogP contribution in [0.25, 0.3) is 0 Å². The number of aromatic nitrogens is 2. The summed E-state index contributed by atoms with van der Waals surface area (Å²) < 4.78 is 7.22. The van der Waals surface area contributed by atoms with Gasteiger partial charge < -0.3 is 15.0 Å². The largest absolute Gasteiger partial charge is 0.383 e. The van der Waals surface area contributed by atoms with E-state index < -0.39 is 0 Å². The minimum Gasteiger partial charge on any atom is -0.383 e. The van der Waals surface area contributed by atoms with Gasteiger partial charge in [0.1, 0.15) is 0 Å². The lowest BCUT2D eigenvalue weighted by atomic mass is 10.1. The number of hydrogen-bond donors (Lipinski definition) is 1. The SMILES string of the molecule is CCn1nc(C)c(CN(CCOC)C(=O)NC2Cc3ccccc3C2)c1C. The smallest absolute Gasteiger partial charge is 0.318 e. The molecule has 1 aromatic heterocycles. The van der Waals surface area contributed by atoms with Gasteiger partial charge in [-0.2, -0.15) is 5.10 Å². The van der Waals surface area contributed by atoms with Gasteiger partial charge in [0.05, 0.1) is 18.8 Å². The molecular formula is C21H30N4O2.